The molecule has 1 aromatic carbocycles. The molecule has 26 heavy (non-hydrogen) atoms. The Kier molecular flexibility index (Phi) is 10.1. The standard InChI is InChI=1S/C19H31F3N4/c1-4-26(5-2)15-7-6-13-24-18(23-3)25-14-12-16-8-10-17(11-9-16)19(20,21)22/h8-11H,4-7,12-15H2,1-3H3,(H2,23,24,25). The van der Waals surface area contributed by atoms with Crippen molar-refractivity contribution >= 4 is 5.96 Å². The molecule has 148 valence electrons. The number of nitrogens with zero attached hydrogens (tertiary/aromatic N) is 2. The van der Waals surface area contributed by atoms with Crippen LogP contribution >= 0.6 is 0 Å². The number of nitrogens with one attached hydrogen (secondary N) is 2. The molecule has 7 heteroatoms. The van der Waals surface area contributed by atoms with Gasteiger partial charge in [-0.05, 0) is 56.6 Å². The van der Waals surface area contributed by atoms with E-state index in [0.717, 1.165) is 62.7 Å². The van der Waals surface area contributed by atoms with E-state index in [0.29, 0.717) is 13.0 Å². The Hall–Kier alpha value is -1.76. The Bertz CT molecular complexity index is 523. The van der Waals surface area contributed by atoms with Gasteiger partial charge in [0.05, 0.1) is 5.56 Å². The summed E-state index contributed by atoms with van der Waals surface area (Å²) in [6.45, 7) is 9.07. The number of hydrogen-bond donors (Lipinski definition) is 2. The first kappa shape index (κ1) is 22.3. The maximum Gasteiger partial charge on any atom is 0.416 e. The minimum atomic E-state index is -4.28. The molecule has 0 aromatic heterocycles. The first-order valence-electron chi connectivity index (χ1n) is 9.23. The second kappa shape index (κ2) is 11.8. The van der Waals surface area contributed by atoms with Crippen LogP contribution in [-0.4, -0.2) is 50.6 Å². The molecule has 0 bridgehead atoms. The van der Waals surface area contributed by atoms with Crippen molar-refractivity contribution in [1.82, 2.24) is 15.5 Å². The van der Waals surface area contributed by atoms with Gasteiger partial charge in [-0.3, -0.25) is 4.99 Å². The van der Waals surface area contributed by atoms with E-state index in [1.165, 1.54) is 12.1 Å². The maximum atomic E-state index is 12.5. The largest absolute Gasteiger partial charge is 0.416 e. The van der Waals surface area contributed by atoms with Crippen molar-refractivity contribution in [2.75, 3.05) is 39.8 Å². The van der Waals surface area contributed by atoms with Gasteiger partial charge in [0.1, 0.15) is 0 Å². The second-order valence-corrected chi connectivity index (χ2v) is 6.10. The molecular weight excluding hydrogens is 341 g/mol. The van der Waals surface area contributed by atoms with Gasteiger partial charge < -0.3 is 15.5 Å². The highest BCUT2D eigenvalue weighted by Crippen LogP contribution is 2.29. The molecule has 0 atom stereocenters. The van der Waals surface area contributed by atoms with Gasteiger partial charge in [-0.15, -0.1) is 0 Å². The highest BCUT2D eigenvalue weighted by Gasteiger charge is 2.29. The van der Waals surface area contributed by atoms with Gasteiger partial charge in [-0.25, -0.2) is 0 Å². The van der Waals surface area contributed by atoms with E-state index in [4.69, 9.17) is 0 Å². The number of hydrogen-bond acceptors (Lipinski definition) is 2. The summed E-state index contributed by atoms with van der Waals surface area (Å²) in [5, 5.41) is 6.46. The molecule has 0 amide bonds. The first-order chi connectivity index (χ1) is 12.4. The average molecular weight is 372 g/mol. The summed E-state index contributed by atoms with van der Waals surface area (Å²) in [7, 11) is 1.71. The van der Waals surface area contributed by atoms with Gasteiger partial charge in [0.25, 0.3) is 0 Å². The van der Waals surface area contributed by atoms with Crippen LogP contribution in [0, 0.1) is 0 Å². The number of guanidine groups is 1. The quantitative estimate of drug-likeness (QED) is 0.375. The Morgan fingerprint density at radius 1 is 1.00 bits per heavy atom. The number of aliphatic imine (C=N–C) groups is 1. The van der Waals surface area contributed by atoms with Gasteiger partial charge in [-0.1, -0.05) is 26.0 Å². The van der Waals surface area contributed by atoms with Crippen LogP contribution in [0.25, 0.3) is 0 Å². The number of rotatable bonds is 10. The van der Waals surface area contributed by atoms with Crippen LogP contribution in [0.2, 0.25) is 0 Å². The molecule has 0 aliphatic rings. The zero-order valence-corrected chi connectivity index (χ0v) is 16.0. The van der Waals surface area contributed by atoms with Crippen LogP contribution in [0.3, 0.4) is 0 Å². The summed E-state index contributed by atoms with van der Waals surface area (Å²) in [4.78, 5) is 6.57. The van der Waals surface area contributed by atoms with Gasteiger partial charge in [-0.2, -0.15) is 13.2 Å². The molecule has 0 fully saturated rings. The van der Waals surface area contributed by atoms with Crippen molar-refractivity contribution in [2.45, 2.75) is 39.3 Å². The van der Waals surface area contributed by atoms with Crippen LogP contribution in [-0.2, 0) is 12.6 Å². The van der Waals surface area contributed by atoms with Crippen molar-refractivity contribution < 1.29 is 13.2 Å². The van der Waals surface area contributed by atoms with Crippen molar-refractivity contribution in [3.8, 4) is 0 Å². The molecule has 2 N–H and O–H groups in total. The van der Waals surface area contributed by atoms with Crippen LogP contribution in [0.15, 0.2) is 29.3 Å². The Balaban J connectivity index is 2.24. The normalized spacial score (nSPS) is 12.5. The van der Waals surface area contributed by atoms with Gasteiger partial charge >= 0.3 is 6.18 Å². The lowest BCUT2D eigenvalue weighted by molar-refractivity contribution is -0.137. The molecule has 1 aromatic rings. The lowest BCUT2D eigenvalue weighted by atomic mass is 10.1. The van der Waals surface area contributed by atoms with Crippen LogP contribution in [0.4, 0.5) is 13.2 Å². The fourth-order valence-electron chi connectivity index (χ4n) is 2.61. The maximum absolute atomic E-state index is 12.5. The fourth-order valence-corrected chi connectivity index (χ4v) is 2.61. The van der Waals surface area contributed by atoms with E-state index in [9.17, 15) is 13.2 Å². The molecule has 0 saturated heterocycles. The summed E-state index contributed by atoms with van der Waals surface area (Å²) in [6.07, 6.45) is -1.44. The summed E-state index contributed by atoms with van der Waals surface area (Å²) in [6, 6.07) is 5.29. The minimum Gasteiger partial charge on any atom is -0.356 e. The molecular formula is C19H31F3N4. The predicted molar refractivity (Wildman–Crippen MR) is 102 cm³/mol. The monoisotopic (exact) mass is 372 g/mol. The predicted octanol–water partition coefficient (Wildman–Crippen LogP) is 3.53. The third-order valence-corrected chi connectivity index (χ3v) is 4.30. The lowest BCUT2D eigenvalue weighted by Gasteiger charge is -2.18. The average Bonchev–Trinajstić information content (AvgIpc) is 2.63. The number of benzene rings is 1. The fraction of sp³-hybridized carbons (Fsp3) is 0.632. The summed E-state index contributed by atoms with van der Waals surface area (Å²) in [5.41, 5.74) is 0.247. The topological polar surface area (TPSA) is 39.7 Å². The molecule has 0 heterocycles. The van der Waals surface area contributed by atoms with Crippen molar-refractivity contribution in [2.24, 2.45) is 4.99 Å². The third kappa shape index (κ3) is 8.56. The van der Waals surface area contributed by atoms with Gasteiger partial charge in [0, 0.05) is 20.1 Å². The molecule has 4 nitrogen and oxygen atoms in total. The summed E-state index contributed by atoms with van der Waals surface area (Å²) >= 11 is 0. The number of unbranched alkanes of at least 4 members (excludes halogenated alkanes) is 1. The highest BCUT2D eigenvalue weighted by molar-refractivity contribution is 5.79. The Morgan fingerprint density at radius 2 is 1.62 bits per heavy atom. The molecule has 0 aliphatic heterocycles. The van der Waals surface area contributed by atoms with E-state index in [-0.39, 0.29) is 0 Å². The molecule has 0 unspecified atom stereocenters. The van der Waals surface area contributed by atoms with E-state index < -0.39 is 11.7 Å². The molecule has 0 aliphatic carbocycles. The van der Waals surface area contributed by atoms with Crippen LogP contribution < -0.4 is 10.6 Å². The van der Waals surface area contributed by atoms with Crippen molar-refractivity contribution in [3.63, 3.8) is 0 Å². The summed E-state index contributed by atoms with van der Waals surface area (Å²) < 4.78 is 37.6. The summed E-state index contributed by atoms with van der Waals surface area (Å²) in [5.74, 6) is 0.722. The third-order valence-electron chi connectivity index (χ3n) is 4.30. The second-order valence-electron chi connectivity index (χ2n) is 6.10. The first-order valence-corrected chi connectivity index (χ1v) is 9.23. The van der Waals surface area contributed by atoms with Crippen LogP contribution in [0.1, 0.15) is 37.8 Å². The molecule has 0 spiro atoms. The Labute approximate surface area is 154 Å². The SMILES string of the molecule is CCN(CC)CCCCNC(=NC)NCCc1ccc(C(F)(F)F)cc1. The van der Waals surface area contributed by atoms with E-state index in [2.05, 4.69) is 34.4 Å². The zero-order valence-electron chi connectivity index (χ0n) is 16.0. The smallest absolute Gasteiger partial charge is 0.356 e. The van der Waals surface area contributed by atoms with Gasteiger partial charge in [0.2, 0.25) is 0 Å². The van der Waals surface area contributed by atoms with Crippen molar-refractivity contribution in [1.29, 1.82) is 0 Å². The highest BCUT2D eigenvalue weighted by atomic mass is 19.4. The molecule has 0 radical (unpaired) electrons. The van der Waals surface area contributed by atoms with E-state index >= 15 is 0 Å². The molecule has 1 rings (SSSR count). The van der Waals surface area contributed by atoms with E-state index in [1.807, 2.05) is 0 Å². The number of alkyl halides is 3. The van der Waals surface area contributed by atoms with Crippen molar-refractivity contribution in [3.05, 3.63) is 35.4 Å². The van der Waals surface area contributed by atoms with Crippen LogP contribution in [0.5, 0.6) is 0 Å². The Morgan fingerprint density at radius 3 is 2.15 bits per heavy atom. The number of halogens is 3. The lowest BCUT2D eigenvalue weighted by Crippen LogP contribution is -2.39. The zero-order chi connectivity index (χ0) is 19.4. The minimum absolute atomic E-state index is 0.614. The van der Waals surface area contributed by atoms with E-state index in [1.54, 1.807) is 7.05 Å². The molecule has 0 saturated carbocycles. The van der Waals surface area contributed by atoms with Gasteiger partial charge in [0.15, 0.2) is 5.96 Å².